The Kier molecular flexibility index (Phi) is 4.78. The minimum atomic E-state index is -0.845. The van der Waals surface area contributed by atoms with Crippen LogP contribution in [0.1, 0.15) is 20.7 Å². The second-order valence-electron chi connectivity index (χ2n) is 6.77. The molecule has 2 N–H and O–H groups in total. The molecule has 0 unspecified atom stereocenters. The SMILES string of the molecule is Cn1cc(C(=O)NNC(=O)c2cn(C)c3ccccc23)c(-c2ccc(F)cc2F)n1. The van der Waals surface area contributed by atoms with Crippen molar-refractivity contribution in [2.75, 3.05) is 0 Å². The fourth-order valence-corrected chi connectivity index (χ4v) is 3.31. The lowest BCUT2D eigenvalue weighted by Crippen LogP contribution is -2.41. The third kappa shape index (κ3) is 3.41. The van der Waals surface area contributed by atoms with Crippen molar-refractivity contribution in [2.45, 2.75) is 0 Å². The van der Waals surface area contributed by atoms with Gasteiger partial charge in [0, 0.05) is 49.0 Å². The zero-order valence-electron chi connectivity index (χ0n) is 16.1. The number of aromatic nitrogens is 3. The highest BCUT2D eigenvalue weighted by Gasteiger charge is 2.21. The van der Waals surface area contributed by atoms with Crippen LogP contribution in [0, 0.1) is 11.6 Å². The van der Waals surface area contributed by atoms with Crippen molar-refractivity contribution in [3.05, 3.63) is 77.6 Å². The Hall–Kier alpha value is -4.01. The van der Waals surface area contributed by atoms with Crippen LogP contribution < -0.4 is 10.9 Å². The molecule has 4 aromatic rings. The number of carbonyl (C=O) groups is 2. The van der Waals surface area contributed by atoms with Crippen LogP contribution in [-0.2, 0) is 14.1 Å². The molecule has 2 heterocycles. The van der Waals surface area contributed by atoms with Gasteiger partial charge in [-0.25, -0.2) is 8.78 Å². The maximum Gasteiger partial charge on any atom is 0.273 e. The Morgan fingerprint density at radius 2 is 1.63 bits per heavy atom. The average Bonchev–Trinajstić information content (AvgIpc) is 3.26. The summed E-state index contributed by atoms with van der Waals surface area (Å²) < 4.78 is 30.5. The molecule has 0 saturated heterocycles. The summed E-state index contributed by atoms with van der Waals surface area (Å²) >= 11 is 0. The summed E-state index contributed by atoms with van der Waals surface area (Å²) in [6.45, 7) is 0. The van der Waals surface area contributed by atoms with Crippen LogP contribution >= 0.6 is 0 Å². The van der Waals surface area contributed by atoms with E-state index in [2.05, 4.69) is 16.0 Å². The maximum atomic E-state index is 14.2. The predicted octanol–water partition coefficient (Wildman–Crippen LogP) is 2.93. The number of hydrogen-bond donors (Lipinski definition) is 2. The summed E-state index contributed by atoms with van der Waals surface area (Å²) in [5, 5.41) is 4.84. The molecule has 0 fully saturated rings. The van der Waals surface area contributed by atoms with E-state index in [1.807, 2.05) is 35.9 Å². The first-order valence-electron chi connectivity index (χ1n) is 8.99. The van der Waals surface area contributed by atoms with Gasteiger partial charge in [-0.3, -0.25) is 25.1 Å². The summed E-state index contributed by atoms with van der Waals surface area (Å²) in [6, 6.07) is 10.4. The van der Waals surface area contributed by atoms with Gasteiger partial charge in [0.2, 0.25) is 0 Å². The van der Waals surface area contributed by atoms with E-state index < -0.39 is 23.4 Å². The molecule has 2 aromatic carbocycles. The van der Waals surface area contributed by atoms with Crippen molar-refractivity contribution in [2.24, 2.45) is 14.1 Å². The number of para-hydroxylation sites is 1. The summed E-state index contributed by atoms with van der Waals surface area (Å²) in [5.41, 5.74) is 6.00. The lowest BCUT2D eigenvalue weighted by molar-refractivity contribution is 0.0848. The Balaban J connectivity index is 1.57. The molecule has 4 rings (SSSR count). The summed E-state index contributed by atoms with van der Waals surface area (Å²) in [6.07, 6.45) is 3.05. The quantitative estimate of drug-likeness (QED) is 0.511. The van der Waals surface area contributed by atoms with Gasteiger partial charge < -0.3 is 4.57 Å². The van der Waals surface area contributed by atoms with Gasteiger partial charge in [0.15, 0.2) is 0 Å². The maximum absolute atomic E-state index is 14.2. The van der Waals surface area contributed by atoms with Crippen LogP contribution in [0.5, 0.6) is 0 Å². The number of fused-ring (bicyclic) bond motifs is 1. The van der Waals surface area contributed by atoms with E-state index in [1.165, 1.54) is 16.9 Å². The molecule has 9 heteroatoms. The topological polar surface area (TPSA) is 81.0 Å². The molecule has 0 atom stereocenters. The second kappa shape index (κ2) is 7.43. The van der Waals surface area contributed by atoms with Gasteiger partial charge in [-0.2, -0.15) is 5.10 Å². The number of rotatable bonds is 3. The van der Waals surface area contributed by atoms with E-state index in [0.717, 1.165) is 17.0 Å². The zero-order valence-corrected chi connectivity index (χ0v) is 16.1. The first-order valence-corrected chi connectivity index (χ1v) is 8.99. The van der Waals surface area contributed by atoms with Crippen LogP contribution in [0.3, 0.4) is 0 Å². The third-order valence-corrected chi connectivity index (χ3v) is 4.69. The minimum Gasteiger partial charge on any atom is -0.350 e. The molecular formula is C21H17F2N5O2. The molecule has 0 aliphatic rings. The third-order valence-electron chi connectivity index (χ3n) is 4.69. The molecule has 0 spiro atoms. The number of carbonyl (C=O) groups excluding carboxylic acids is 2. The second-order valence-corrected chi connectivity index (χ2v) is 6.77. The van der Waals surface area contributed by atoms with Gasteiger partial charge in [-0.15, -0.1) is 0 Å². The Labute approximate surface area is 169 Å². The van der Waals surface area contributed by atoms with Crippen molar-refractivity contribution in [1.82, 2.24) is 25.2 Å². The summed E-state index contributed by atoms with van der Waals surface area (Å²) in [7, 11) is 3.38. The summed E-state index contributed by atoms with van der Waals surface area (Å²) in [5.74, 6) is -2.77. The highest BCUT2D eigenvalue weighted by atomic mass is 19.1. The molecular weight excluding hydrogens is 392 g/mol. The standard InChI is InChI=1S/C21H17F2N5O2/c1-27-10-15(13-5-3-4-6-18(13)27)20(29)24-25-21(30)16-11-28(2)26-19(16)14-8-7-12(22)9-17(14)23/h3-11H,1-2H3,(H,24,29)(H,25,30). The molecule has 0 aliphatic heterocycles. The van der Waals surface area contributed by atoms with E-state index in [9.17, 15) is 18.4 Å². The molecule has 0 aliphatic carbocycles. The smallest absolute Gasteiger partial charge is 0.273 e. The summed E-state index contributed by atoms with van der Waals surface area (Å²) in [4.78, 5) is 25.3. The van der Waals surface area contributed by atoms with Crippen molar-refractivity contribution in [3.63, 3.8) is 0 Å². The molecule has 2 amide bonds. The molecule has 2 aromatic heterocycles. The van der Waals surface area contributed by atoms with Crippen molar-refractivity contribution >= 4 is 22.7 Å². The normalized spacial score (nSPS) is 10.9. The van der Waals surface area contributed by atoms with Crippen LogP contribution in [0.25, 0.3) is 22.2 Å². The monoisotopic (exact) mass is 409 g/mol. The van der Waals surface area contributed by atoms with Gasteiger partial charge in [0.1, 0.15) is 17.3 Å². The molecule has 0 radical (unpaired) electrons. The van der Waals surface area contributed by atoms with E-state index in [0.29, 0.717) is 11.6 Å². The average molecular weight is 409 g/mol. The van der Waals surface area contributed by atoms with Crippen molar-refractivity contribution < 1.29 is 18.4 Å². The minimum absolute atomic E-state index is 0.0254. The number of benzene rings is 2. The van der Waals surface area contributed by atoms with E-state index in [1.54, 1.807) is 13.2 Å². The number of nitrogens with one attached hydrogen (secondary N) is 2. The predicted molar refractivity (Wildman–Crippen MR) is 106 cm³/mol. The van der Waals surface area contributed by atoms with Crippen molar-refractivity contribution in [3.8, 4) is 11.3 Å². The number of amides is 2. The van der Waals surface area contributed by atoms with E-state index in [-0.39, 0.29) is 16.8 Å². The zero-order chi connectivity index (χ0) is 21.4. The molecule has 0 bridgehead atoms. The number of aryl methyl sites for hydroxylation is 2. The van der Waals surface area contributed by atoms with Gasteiger partial charge in [0.05, 0.1) is 11.1 Å². The van der Waals surface area contributed by atoms with E-state index >= 15 is 0 Å². The molecule has 30 heavy (non-hydrogen) atoms. The fourth-order valence-electron chi connectivity index (χ4n) is 3.31. The highest BCUT2D eigenvalue weighted by molar-refractivity contribution is 6.08. The fraction of sp³-hybridized carbons (Fsp3) is 0.0952. The number of hydrazine groups is 1. The first-order chi connectivity index (χ1) is 14.3. The lowest BCUT2D eigenvalue weighted by Gasteiger charge is -2.07. The van der Waals surface area contributed by atoms with E-state index in [4.69, 9.17) is 0 Å². The van der Waals surface area contributed by atoms with Crippen LogP contribution in [-0.4, -0.2) is 26.2 Å². The highest BCUT2D eigenvalue weighted by Crippen LogP contribution is 2.25. The van der Waals surface area contributed by atoms with Crippen LogP contribution in [0.15, 0.2) is 54.9 Å². The molecule has 7 nitrogen and oxygen atoms in total. The van der Waals surface area contributed by atoms with Gasteiger partial charge in [0.25, 0.3) is 11.8 Å². The number of halogens is 2. The number of nitrogens with zero attached hydrogens (tertiary/aromatic N) is 3. The van der Waals surface area contributed by atoms with Crippen LogP contribution in [0.2, 0.25) is 0 Å². The van der Waals surface area contributed by atoms with Gasteiger partial charge in [-0.05, 0) is 18.2 Å². The molecule has 0 saturated carbocycles. The lowest BCUT2D eigenvalue weighted by atomic mass is 10.1. The largest absolute Gasteiger partial charge is 0.350 e. The first kappa shape index (κ1) is 19.3. The molecule has 152 valence electrons. The Morgan fingerprint density at radius 3 is 2.37 bits per heavy atom. The van der Waals surface area contributed by atoms with Crippen LogP contribution in [0.4, 0.5) is 8.78 Å². The van der Waals surface area contributed by atoms with Gasteiger partial charge in [-0.1, -0.05) is 18.2 Å². The van der Waals surface area contributed by atoms with Crippen molar-refractivity contribution in [1.29, 1.82) is 0 Å². The Bertz CT molecular complexity index is 1290. The van der Waals surface area contributed by atoms with Gasteiger partial charge >= 0.3 is 0 Å². The number of hydrogen-bond acceptors (Lipinski definition) is 3. The Morgan fingerprint density at radius 1 is 0.933 bits per heavy atom.